The van der Waals surface area contributed by atoms with Gasteiger partial charge in [0, 0.05) is 0 Å². The van der Waals surface area contributed by atoms with Gasteiger partial charge in [-0.05, 0) is 0 Å². The molecule has 2 heteroatoms. The van der Waals surface area contributed by atoms with Crippen LogP contribution >= 0.6 is 5.15 Å². The molecular weight excluding hydrogens is 468 g/mol. The standard InChI is InChI=1S/C18H15P.C2H5.Au/c1-4-10-16(11-5-1)19(17-12-6-2-7-13-17)18-14-8-3-9-15-18;1-2;/h1-15H;1H2,2H3;/q;;-1/p+1. The van der Waals surface area contributed by atoms with Gasteiger partial charge in [0.15, 0.2) is 0 Å². The fraction of sp³-hybridized carbons (Fsp3) is 0.100. The Balaban J connectivity index is 2.29. The maximum absolute atomic E-state index is 2.35. The van der Waals surface area contributed by atoms with Crippen molar-refractivity contribution in [1.29, 1.82) is 0 Å². The van der Waals surface area contributed by atoms with Gasteiger partial charge in [0.25, 0.3) is 0 Å². The van der Waals surface area contributed by atoms with Crippen molar-refractivity contribution < 1.29 is 19.2 Å². The van der Waals surface area contributed by atoms with Gasteiger partial charge in [0.05, 0.1) is 0 Å². The van der Waals surface area contributed by atoms with E-state index in [0.717, 1.165) is 0 Å². The second kappa shape index (κ2) is 7.40. The Labute approximate surface area is 142 Å². The van der Waals surface area contributed by atoms with E-state index in [4.69, 9.17) is 0 Å². The molecule has 3 aromatic rings. The zero-order chi connectivity index (χ0) is 15.3. The average Bonchev–Trinajstić information content (AvgIpc) is 2.62. The molecule has 0 atom stereocenters. The van der Waals surface area contributed by atoms with Gasteiger partial charge in [-0.3, -0.25) is 0 Å². The van der Waals surface area contributed by atoms with Crippen molar-refractivity contribution in [2.75, 3.05) is 0 Å². The van der Waals surface area contributed by atoms with Crippen LogP contribution in [0.1, 0.15) is 6.92 Å². The monoisotopic (exact) mass is 489 g/mol. The molecule has 0 aliphatic carbocycles. The first kappa shape index (κ1) is 15.7. The van der Waals surface area contributed by atoms with Crippen molar-refractivity contribution in [3.63, 3.8) is 0 Å². The molecule has 3 aromatic carbocycles. The average molecular weight is 489 g/mol. The predicted octanol–water partition coefficient (Wildman–Crippen LogP) is 4.15. The molecule has 0 aliphatic heterocycles. The molecule has 0 radical (unpaired) electrons. The van der Waals surface area contributed by atoms with Crippen LogP contribution in [0.3, 0.4) is 0 Å². The van der Waals surface area contributed by atoms with E-state index in [9.17, 15) is 0 Å². The fourth-order valence-corrected chi connectivity index (χ4v) is 17.1. The number of hydrogen-bond donors (Lipinski definition) is 0. The van der Waals surface area contributed by atoms with E-state index in [0.29, 0.717) is 0 Å². The van der Waals surface area contributed by atoms with E-state index >= 15 is 0 Å². The van der Waals surface area contributed by atoms with E-state index < -0.39 is 5.15 Å². The van der Waals surface area contributed by atoms with E-state index in [2.05, 4.69) is 97.9 Å². The van der Waals surface area contributed by atoms with Crippen LogP contribution < -0.4 is 15.9 Å². The van der Waals surface area contributed by atoms with Gasteiger partial charge >= 0.3 is 143 Å². The minimum absolute atomic E-state index is 0.213. The summed E-state index contributed by atoms with van der Waals surface area (Å²) >= 11 is 0.213. The van der Waals surface area contributed by atoms with Crippen LogP contribution in [0, 0.1) is 0 Å². The van der Waals surface area contributed by atoms with Gasteiger partial charge < -0.3 is 0 Å². The quantitative estimate of drug-likeness (QED) is 0.374. The number of hydrogen-bond acceptors (Lipinski definition) is 0. The molecule has 0 aromatic heterocycles. The zero-order valence-corrected chi connectivity index (χ0v) is 15.8. The van der Waals surface area contributed by atoms with Crippen molar-refractivity contribution in [3.8, 4) is 0 Å². The third-order valence-corrected chi connectivity index (χ3v) is 18.9. The number of rotatable bonds is 5. The van der Waals surface area contributed by atoms with Crippen molar-refractivity contribution in [2.24, 2.45) is 0 Å². The second-order valence-corrected chi connectivity index (χ2v) is 16.9. The SMILES string of the molecule is C[CH2][Au][PH](c1ccccc1)(c1ccccc1)c1ccccc1. The zero-order valence-electron chi connectivity index (χ0n) is 12.7. The molecule has 0 saturated carbocycles. The van der Waals surface area contributed by atoms with Crippen LogP contribution in [0.4, 0.5) is 0 Å². The summed E-state index contributed by atoms with van der Waals surface area (Å²) in [5.41, 5.74) is 0. The van der Waals surface area contributed by atoms with Gasteiger partial charge in [-0.2, -0.15) is 0 Å². The molecule has 0 nitrogen and oxygen atoms in total. The van der Waals surface area contributed by atoms with Crippen molar-refractivity contribution >= 4 is 21.1 Å². The molecule has 0 saturated heterocycles. The molecule has 0 fully saturated rings. The van der Waals surface area contributed by atoms with Crippen LogP contribution in [0.5, 0.6) is 0 Å². The van der Waals surface area contributed by atoms with E-state index in [1.54, 1.807) is 15.9 Å². The molecule has 0 N–H and O–H groups in total. The summed E-state index contributed by atoms with van der Waals surface area (Å²) in [5.74, 6) is 0. The Morgan fingerprint density at radius 1 is 0.591 bits per heavy atom. The molecule has 0 amide bonds. The van der Waals surface area contributed by atoms with Crippen LogP contribution in [0.25, 0.3) is 0 Å². The maximum atomic E-state index is 2.35. The third-order valence-electron chi connectivity index (χ3n) is 3.72. The Hall–Kier alpha value is -1.17. The van der Waals surface area contributed by atoms with Crippen LogP contribution in [0.2, 0.25) is 4.64 Å². The molecule has 3 rings (SSSR count). The summed E-state index contributed by atoms with van der Waals surface area (Å²) in [7, 11) is 0. The fourth-order valence-electron chi connectivity index (χ4n) is 2.81. The third kappa shape index (κ3) is 2.98. The Morgan fingerprint density at radius 2 is 0.909 bits per heavy atom. The first-order valence-corrected chi connectivity index (χ1v) is 14.1. The van der Waals surface area contributed by atoms with Crippen LogP contribution in [-0.2, 0) is 19.2 Å². The normalized spacial score (nSPS) is 12.2. The predicted molar refractivity (Wildman–Crippen MR) is 97.0 cm³/mol. The summed E-state index contributed by atoms with van der Waals surface area (Å²) in [6, 6.07) is 33.6. The van der Waals surface area contributed by atoms with E-state index in [-0.39, 0.29) is 19.2 Å². The summed E-state index contributed by atoms with van der Waals surface area (Å²) in [6.45, 7) is 2.35. The first-order chi connectivity index (χ1) is 10.9. The van der Waals surface area contributed by atoms with E-state index in [1.165, 1.54) is 4.64 Å². The van der Waals surface area contributed by atoms with Gasteiger partial charge in [0.2, 0.25) is 0 Å². The molecule has 0 heterocycles. The summed E-state index contributed by atoms with van der Waals surface area (Å²) in [5, 5.41) is 2.83. The molecule has 117 valence electrons. The van der Waals surface area contributed by atoms with Crippen LogP contribution in [0.15, 0.2) is 91.0 Å². The first-order valence-electron chi connectivity index (χ1n) is 7.55. The van der Waals surface area contributed by atoms with Crippen LogP contribution in [-0.4, -0.2) is 0 Å². The Morgan fingerprint density at radius 3 is 1.18 bits per heavy atom. The van der Waals surface area contributed by atoms with E-state index in [1.807, 2.05) is 0 Å². The molecule has 0 unspecified atom stereocenters. The Kier molecular flexibility index (Phi) is 5.28. The topological polar surface area (TPSA) is 0 Å². The van der Waals surface area contributed by atoms with Gasteiger partial charge in [0.1, 0.15) is 0 Å². The molecule has 0 aliphatic rings. The van der Waals surface area contributed by atoms with Crippen molar-refractivity contribution in [2.45, 2.75) is 11.6 Å². The molecule has 0 bridgehead atoms. The summed E-state index contributed by atoms with van der Waals surface area (Å²) in [4.78, 5) is 0. The van der Waals surface area contributed by atoms with Gasteiger partial charge in [-0.15, -0.1) is 0 Å². The summed E-state index contributed by atoms with van der Waals surface area (Å²) in [6.07, 6.45) is 0. The van der Waals surface area contributed by atoms with Gasteiger partial charge in [-0.25, -0.2) is 0 Å². The van der Waals surface area contributed by atoms with Crippen molar-refractivity contribution in [1.82, 2.24) is 0 Å². The van der Waals surface area contributed by atoms with Gasteiger partial charge in [-0.1, -0.05) is 0 Å². The molecule has 22 heavy (non-hydrogen) atoms. The second-order valence-electron chi connectivity index (χ2n) is 5.02. The Bertz CT molecular complexity index is 599. The number of benzene rings is 3. The summed E-state index contributed by atoms with van der Waals surface area (Å²) < 4.78 is 1.30. The minimum atomic E-state index is -1.83. The molecule has 0 spiro atoms. The molecular formula is C20H21AuP. The van der Waals surface area contributed by atoms with Crippen molar-refractivity contribution in [3.05, 3.63) is 91.0 Å².